The molecule has 0 amide bonds. The second-order valence-electron chi connectivity index (χ2n) is 9.73. The molecule has 0 spiro atoms. The number of aromatic nitrogens is 1. The number of nitrogens with zero attached hydrogens (tertiary/aromatic N) is 3. The van der Waals surface area contributed by atoms with Gasteiger partial charge in [-0.05, 0) is 54.7 Å². The van der Waals surface area contributed by atoms with Gasteiger partial charge >= 0.3 is 5.97 Å². The molecule has 0 saturated carbocycles. The molecule has 2 atom stereocenters. The number of carboxylic acids is 1. The summed E-state index contributed by atoms with van der Waals surface area (Å²) in [5.41, 5.74) is 9.74. The zero-order chi connectivity index (χ0) is 29.5. The molecule has 212 valence electrons. The third-order valence-electron chi connectivity index (χ3n) is 6.57. The molecule has 9 nitrogen and oxygen atoms in total. The molecule has 1 unspecified atom stereocenters. The van der Waals surface area contributed by atoms with Gasteiger partial charge in [-0.2, -0.15) is 0 Å². The van der Waals surface area contributed by atoms with Crippen LogP contribution in [0.3, 0.4) is 0 Å². The van der Waals surface area contributed by atoms with Crippen molar-refractivity contribution in [2.24, 2.45) is 11.7 Å². The number of methoxy groups -OCH3 is 1. The SMILES string of the molecule is C=C(N)c1cc(OC)c(CC(C(=O)O)N2CC[C@H](C)C2=C)cc1/C=C\C.CN(C)c1ccc(S(C)(=O)=O)cn1. The van der Waals surface area contributed by atoms with Gasteiger partial charge in [-0.25, -0.2) is 18.2 Å². The fourth-order valence-corrected chi connectivity index (χ4v) is 4.83. The number of carbonyl (C=O) groups is 1. The number of ether oxygens (including phenoxy) is 1. The molecule has 1 fully saturated rings. The number of carboxylic acid groups (broad SMARTS) is 1. The van der Waals surface area contributed by atoms with E-state index < -0.39 is 21.8 Å². The Hall–Kier alpha value is -3.79. The molecule has 1 aliphatic heterocycles. The molecule has 1 aromatic heterocycles. The number of hydrogen-bond acceptors (Lipinski definition) is 8. The Balaban J connectivity index is 0.000000344. The summed E-state index contributed by atoms with van der Waals surface area (Å²) >= 11 is 0. The van der Waals surface area contributed by atoms with Crippen LogP contribution in [0.4, 0.5) is 5.82 Å². The molecular weight excluding hydrogens is 516 g/mol. The van der Waals surface area contributed by atoms with Crippen molar-refractivity contribution in [1.82, 2.24) is 9.88 Å². The quantitative estimate of drug-likeness (QED) is 0.470. The van der Waals surface area contributed by atoms with Crippen LogP contribution in [-0.2, 0) is 21.1 Å². The lowest BCUT2D eigenvalue weighted by molar-refractivity contribution is -0.142. The molecule has 2 aromatic rings. The fourth-order valence-electron chi connectivity index (χ4n) is 4.27. The Kier molecular flexibility index (Phi) is 10.7. The molecule has 10 heteroatoms. The molecule has 39 heavy (non-hydrogen) atoms. The minimum atomic E-state index is -3.13. The van der Waals surface area contributed by atoms with E-state index in [1.807, 2.05) is 55.1 Å². The van der Waals surface area contributed by atoms with Crippen molar-refractivity contribution >= 4 is 33.4 Å². The van der Waals surface area contributed by atoms with Crippen molar-refractivity contribution in [3.05, 3.63) is 72.1 Å². The first-order chi connectivity index (χ1) is 18.2. The summed E-state index contributed by atoms with van der Waals surface area (Å²) in [5.74, 6) is 0.804. The Bertz CT molecular complexity index is 1330. The predicted octanol–water partition coefficient (Wildman–Crippen LogP) is 4.06. The molecular formula is C29H40N4O5S. The van der Waals surface area contributed by atoms with E-state index in [1.165, 1.54) is 12.5 Å². The summed E-state index contributed by atoms with van der Waals surface area (Å²) < 4.78 is 27.6. The Morgan fingerprint density at radius 3 is 2.44 bits per heavy atom. The molecule has 1 saturated heterocycles. The highest BCUT2D eigenvalue weighted by molar-refractivity contribution is 7.90. The second kappa shape index (κ2) is 13.3. The smallest absolute Gasteiger partial charge is 0.326 e. The predicted molar refractivity (Wildman–Crippen MR) is 157 cm³/mol. The lowest BCUT2D eigenvalue weighted by Gasteiger charge is -2.28. The van der Waals surface area contributed by atoms with Crippen LogP contribution >= 0.6 is 0 Å². The number of allylic oxidation sites excluding steroid dienone is 2. The number of nitrogens with two attached hydrogens (primary N) is 1. The largest absolute Gasteiger partial charge is 0.496 e. The summed E-state index contributed by atoms with van der Waals surface area (Å²) in [7, 11) is 2.15. The van der Waals surface area contributed by atoms with E-state index in [-0.39, 0.29) is 4.90 Å². The van der Waals surface area contributed by atoms with Crippen LogP contribution in [0.15, 0.2) is 60.3 Å². The maximum atomic E-state index is 12.0. The molecule has 0 radical (unpaired) electrons. The zero-order valence-corrected chi connectivity index (χ0v) is 24.5. The average Bonchev–Trinajstić information content (AvgIpc) is 3.20. The van der Waals surface area contributed by atoms with E-state index in [4.69, 9.17) is 10.5 Å². The number of pyridine rings is 1. The van der Waals surface area contributed by atoms with Crippen LogP contribution in [0, 0.1) is 5.92 Å². The third-order valence-corrected chi connectivity index (χ3v) is 7.66. The minimum absolute atomic E-state index is 0.248. The summed E-state index contributed by atoms with van der Waals surface area (Å²) in [6, 6.07) is 6.32. The summed E-state index contributed by atoms with van der Waals surface area (Å²) in [6.45, 7) is 12.6. The van der Waals surface area contributed by atoms with E-state index in [2.05, 4.69) is 25.1 Å². The van der Waals surface area contributed by atoms with Crippen molar-refractivity contribution in [2.45, 2.75) is 37.6 Å². The van der Waals surface area contributed by atoms with E-state index in [1.54, 1.807) is 19.2 Å². The first-order valence-electron chi connectivity index (χ1n) is 12.5. The highest BCUT2D eigenvalue weighted by Gasteiger charge is 2.33. The van der Waals surface area contributed by atoms with Gasteiger partial charge in [0, 0.05) is 56.5 Å². The zero-order valence-electron chi connectivity index (χ0n) is 23.6. The maximum Gasteiger partial charge on any atom is 0.326 e. The van der Waals surface area contributed by atoms with Crippen LogP contribution in [0.2, 0.25) is 0 Å². The van der Waals surface area contributed by atoms with Crippen molar-refractivity contribution in [2.75, 3.05) is 38.9 Å². The Labute approximate surface area is 232 Å². The number of benzene rings is 1. The van der Waals surface area contributed by atoms with E-state index in [9.17, 15) is 18.3 Å². The van der Waals surface area contributed by atoms with Gasteiger partial charge in [0.2, 0.25) is 0 Å². The minimum Gasteiger partial charge on any atom is -0.496 e. The van der Waals surface area contributed by atoms with Gasteiger partial charge < -0.3 is 25.4 Å². The van der Waals surface area contributed by atoms with Crippen LogP contribution in [0.5, 0.6) is 5.75 Å². The van der Waals surface area contributed by atoms with E-state index in [0.29, 0.717) is 30.3 Å². The lowest BCUT2D eigenvalue weighted by Crippen LogP contribution is -2.40. The normalized spacial score (nSPS) is 16.0. The molecule has 0 aliphatic carbocycles. The first-order valence-corrected chi connectivity index (χ1v) is 14.4. The second-order valence-corrected chi connectivity index (χ2v) is 11.7. The van der Waals surface area contributed by atoms with Crippen LogP contribution in [-0.4, -0.2) is 69.4 Å². The van der Waals surface area contributed by atoms with Gasteiger partial charge in [0.15, 0.2) is 9.84 Å². The number of sulfone groups is 1. The summed E-state index contributed by atoms with van der Waals surface area (Å²) in [6.07, 6.45) is 7.63. The summed E-state index contributed by atoms with van der Waals surface area (Å²) in [4.78, 5) is 19.9. The fraction of sp³-hybridized carbons (Fsp3) is 0.379. The first kappa shape index (κ1) is 31.4. The average molecular weight is 557 g/mol. The van der Waals surface area contributed by atoms with E-state index >= 15 is 0 Å². The maximum absolute atomic E-state index is 12.0. The van der Waals surface area contributed by atoms with Crippen LogP contribution < -0.4 is 15.4 Å². The number of aliphatic carboxylic acids is 1. The number of hydrogen-bond donors (Lipinski definition) is 2. The molecule has 1 aromatic carbocycles. The molecule has 3 N–H and O–H groups in total. The van der Waals surface area contributed by atoms with Crippen LogP contribution in [0.25, 0.3) is 11.8 Å². The standard InChI is InChI=1S/C21H28N2O3.C8H12N2O2S/c1-6-7-16-10-17(20(26-5)12-18(16)14(3)22)11-19(21(24)25)23-9-8-13(2)15(23)4;1-10(2)8-5-4-7(6-9-8)13(3,11)12/h6-7,10,12-13,19H,3-4,8-9,11,22H2,1-2,5H3,(H,24,25);4-6H,1-3H3/b7-6-;/t13-,19?;/m0./s1. The van der Waals surface area contributed by atoms with Gasteiger partial charge in [0.1, 0.15) is 17.6 Å². The molecule has 2 heterocycles. The Morgan fingerprint density at radius 1 is 1.36 bits per heavy atom. The van der Waals surface area contributed by atoms with Gasteiger partial charge in [0.05, 0.1) is 12.0 Å². The third kappa shape index (κ3) is 8.10. The van der Waals surface area contributed by atoms with Crippen molar-refractivity contribution in [3.63, 3.8) is 0 Å². The highest BCUT2D eigenvalue weighted by atomic mass is 32.2. The Morgan fingerprint density at radius 2 is 2.03 bits per heavy atom. The number of likely N-dealkylation sites (tertiary alicyclic amines) is 1. The van der Waals surface area contributed by atoms with Gasteiger partial charge in [-0.3, -0.25) is 0 Å². The van der Waals surface area contributed by atoms with Gasteiger partial charge in [0.25, 0.3) is 0 Å². The highest BCUT2D eigenvalue weighted by Crippen LogP contribution is 2.33. The van der Waals surface area contributed by atoms with Crippen molar-refractivity contribution in [1.29, 1.82) is 0 Å². The van der Waals surface area contributed by atoms with Gasteiger partial charge in [-0.15, -0.1) is 0 Å². The van der Waals surface area contributed by atoms with Crippen LogP contribution in [0.1, 0.15) is 37.0 Å². The number of rotatable bonds is 9. The molecule has 0 bridgehead atoms. The topological polar surface area (TPSA) is 126 Å². The molecule has 3 rings (SSSR count). The van der Waals surface area contributed by atoms with Crippen molar-refractivity contribution < 1.29 is 23.1 Å². The summed E-state index contributed by atoms with van der Waals surface area (Å²) in [5, 5.41) is 9.81. The molecule has 1 aliphatic rings. The monoisotopic (exact) mass is 556 g/mol. The lowest BCUT2D eigenvalue weighted by atomic mass is 9.96. The van der Waals surface area contributed by atoms with Crippen molar-refractivity contribution in [3.8, 4) is 5.75 Å². The van der Waals surface area contributed by atoms with E-state index in [0.717, 1.165) is 34.6 Å². The number of anilines is 1. The van der Waals surface area contributed by atoms with Gasteiger partial charge in [-0.1, -0.05) is 32.2 Å².